The molecule has 0 saturated heterocycles. The molecule has 0 aromatic carbocycles. The minimum atomic E-state index is -0.311. The predicted molar refractivity (Wildman–Crippen MR) is 63.4 cm³/mol. The van der Waals surface area contributed by atoms with E-state index in [2.05, 4.69) is 21.9 Å². The molecule has 4 nitrogen and oxygen atoms in total. The summed E-state index contributed by atoms with van der Waals surface area (Å²) in [5.41, 5.74) is 0.495. The van der Waals surface area contributed by atoms with Crippen LogP contribution in [0.15, 0.2) is 36.9 Å². The lowest BCUT2D eigenvalue weighted by atomic mass is 10.3. The Morgan fingerprint density at radius 3 is 2.81 bits per heavy atom. The summed E-state index contributed by atoms with van der Waals surface area (Å²) in [5.74, 6) is 0.112. The first-order chi connectivity index (χ1) is 7.69. The van der Waals surface area contributed by atoms with E-state index in [1.165, 1.54) is 6.08 Å². The van der Waals surface area contributed by atoms with E-state index >= 15 is 0 Å². The van der Waals surface area contributed by atoms with Crippen molar-refractivity contribution in [2.45, 2.75) is 0 Å². The number of aromatic nitrogens is 2. The Morgan fingerprint density at radius 1 is 1.31 bits per heavy atom. The zero-order valence-corrected chi connectivity index (χ0v) is 9.03. The van der Waals surface area contributed by atoms with E-state index in [0.29, 0.717) is 16.6 Å². The fourth-order valence-electron chi connectivity index (χ4n) is 1.22. The molecule has 2 aromatic heterocycles. The fraction of sp³-hybridized carbons (Fsp3) is 0. The number of hydrogen-bond donors (Lipinski definition) is 1. The molecule has 16 heavy (non-hydrogen) atoms. The van der Waals surface area contributed by atoms with Crippen LogP contribution in [0, 0.1) is 0 Å². The van der Waals surface area contributed by atoms with Gasteiger partial charge in [0.15, 0.2) is 5.65 Å². The lowest BCUT2D eigenvalue weighted by molar-refractivity contribution is -0.111. The molecule has 0 radical (unpaired) electrons. The summed E-state index contributed by atoms with van der Waals surface area (Å²) in [6.07, 6.45) is 1.18. The molecule has 1 amide bonds. The first kappa shape index (κ1) is 10.6. The van der Waals surface area contributed by atoms with Crippen molar-refractivity contribution in [3.63, 3.8) is 0 Å². The van der Waals surface area contributed by atoms with Gasteiger partial charge in [-0.2, -0.15) is 0 Å². The third-order valence-corrected chi connectivity index (χ3v) is 2.17. The second kappa shape index (κ2) is 4.28. The van der Waals surface area contributed by atoms with E-state index in [4.69, 9.17) is 11.6 Å². The Labute approximate surface area is 97.0 Å². The highest BCUT2D eigenvalue weighted by Gasteiger charge is 2.02. The normalized spacial score (nSPS) is 10.1. The maximum atomic E-state index is 11.1. The quantitative estimate of drug-likeness (QED) is 0.640. The maximum Gasteiger partial charge on any atom is 0.248 e. The molecule has 0 aliphatic rings. The van der Waals surface area contributed by atoms with Gasteiger partial charge in [-0.1, -0.05) is 18.2 Å². The number of nitrogens with zero attached hydrogens (tertiary/aromatic N) is 2. The van der Waals surface area contributed by atoms with E-state index in [9.17, 15) is 4.79 Å². The van der Waals surface area contributed by atoms with Crippen LogP contribution in [0.25, 0.3) is 11.0 Å². The molecule has 2 aromatic rings. The number of pyridine rings is 2. The summed E-state index contributed by atoms with van der Waals surface area (Å²) >= 11 is 5.75. The SMILES string of the molecule is C=CC(=O)Nc1ccc2ccc(Cl)nc2n1. The summed E-state index contributed by atoms with van der Waals surface area (Å²) in [7, 11) is 0. The van der Waals surface area contributed by atoms with Crippen molar-refractivity contribution in [3.05, 3.63) is 42.1 Å². The minimum Gasteiger partial charge on any atom is -0.307 e. The van der Waals surface area contributed by atoms with Crippen LogP contribution in [0.4, 0.5) is 5.82 Å². The molecule has 0 aliphatic carbocycles. The van der Waals surface area contributed by atoms with Gasteiger partial charge in [-0.15, -0.1) is 0 Å². The molecule has 0 saturated carbocycles. The Balaban J connectivity index is 2.42. The molecule has 0 spiro atoms. The third-order valence-electron chi connectivity index (χ3n) is 1.96. The number of hydrogen-bond acceptors (Lipinski definition) is 3. The number of carbonyl (C=O) groups is 1. The monoisotopic (exact) mass is 233 g/mol. The Bertz CT molecular complexity index is 568. The summed E-state index contributed by atoms with van der Waals surface area (Å²) in [6, 6.07) is 7.01. The zero-order valence-electron chi connectivity index (χ0n) is 8.27. The second-order valence-electron chi connectivity index (χ2n) is 3.07. The predicted octanol–water partition coefficient (Wildman–Crippen LogP) is 2.41. The van der Waals surface area contributed by atoms with Crippen LogP contribution >= 0.6 is 11.6 Å². The minimum absolute atomic E-state index is 0.311. The number of rotatable bonds is 2. The number of amides is 1. The van der Waals surface area contributed by atoms with Gasteiger partial charge in [-0.25, -0.2) is 9.97 Å². The first-order valence-electron chi connectivity index (χ1n) is 4.56. The van der Waals surface area contributed by atoms with E-state index in [0.717, 1.165) is 5.39 Å². The van der Waals surface area contributed by atoms with Crippen LogP contribution in [0.5, 0.6) is 0 Å². The lowest BCUT2D eigenvalue weighted by Gasteiger charge is -2.02. The number of halogens is 1. The van der Waals surface area contributed by atoms with Crippen LogP contribution in [0.2, 0.25) is 5.15 Å². The van der Waals surface area contributed by atoms with Gasteiger partial charge >= 0.3 is 0 Å². The highest BCUT2D eigenvalue weighted by atomic mass is 35.5. The maximum absolute atomic E-state index is 11.1. The largest absolute Gasteiger partial charge is 0.307 e. The molecular formula is C11H8ClN3O. The van der Waals surface area contributed by atoms with Crippen LogP contribution in [-0.4, -0.2) is 15.9 Å². The van der Waals surface area contributed by atoms with Gasteiger partial charge in [0.2, 0.25) is 5.91 Å². The summed E-state index contributed by atoms with van der Waals surface area (Å²) in [4.78, 5) is 19.3. The first-order valence-corrected chi connectivity index (χ1v) is 4.93. The van der Waals surface area contributed by atoms with Crippen molar-refractivity contribution >= 4 is 34.4 Å². The van der Waals surface area contributed by atoms with Gasteiger partial charge in [0, 0.05) is 5.39 Å². The van der Waals surface area contributed by atoms with Gasteiger partial charge in [0.1, 0.15) is 11.0 Å². The fourth-order valence-corrected chi connectivity index (χ4v) is 1.37. The molecule has 2 heterocycles. The Morgan fingerprint density at radius 2 is 2.06 bits per heavy atom. The highest BCUT2D eigenvalue weighted by molar-refractivity contribution is 6.29. The van der Waals surface area contributed by atoms with Gasteiger partial charge in [-0.05, 0) is 30.3 Å². The van der Waals surface area contributed by atoms with Crippen LogP contribution in [0.3, 0.4) is 0 Å². The Hall–Kier alpha value is -1.94. The smallest absolute Gasteiger partial charge is 0.248 e. The number of nitrogens with one attached hydrogen (secondary N) is 1. The molecule has 0 atom stereocenters. The van der Waals surface area contributed by atoms with E-state index in [-0.39, 0.29) is 5.91 Å². The molecule has 2 rings (SSSR count). The average molecular weight is 234 g/mol. The topological polar surface area (TPSA) is 54.9 Å². The summed E-state index contributed by atoms with van der Waals surface area (Å²) in [5, 5.41) is 3.78. The van der Waals surface area contributed by atoms with Crippen molar-refractivity contribution in [1.29, 1.82) is 0 Å². The van der Waals surface area contributed by atoms with Gasteiger partial charge in [0.05, 0.1) is 0 Å². The molecule has 1 N–H and O–H groups in total. The summed E-state index contributed by atoms with van der Waals surface area (Å²) < 4.78 is 0. The molecule has 0 fully saturated rings. The molecule has 80 valence electrons. The van der Waals surface area contributed by atoms with Crippen molar-refractivity contribution < 1.29 is 4.79 Å². The zero-order chi connectivity index (χ0) is 11.5. The molecule has 0 aliphatic heterocycles. The van der Waals surface area contributed by atoms with Crippen molar-refractivity contribution in [3.8, 4) is 0 Å². The highest BCUT2D eigenvalue weighted by Crippen LogP contribution is 2.15. The summed E-state index contributed by atoms with van der Waals surface area (Å²) in [6.45, 7) is 3.36. The van der Waals surface area contributed by atoms with E-state index in [1.54, 1.807) is 12.1 Å². The van der Waals surface area contributed by atoms with Gasteiger partial charge in [-0.3, -0.25) is 4.79 Å². The molecular weight excluding hydrogens is 226 g/mol. The number of carbonyl (C=O) groups excluding carboxylic acids is 1. The molecule has 0 bridgehead atoms. The van der Waals surface area contributed by atoms with Crippen LogP contribution in [0.1, 0.15) is 0 Å². The van der Waals surface area contributed by atoms with E-state index < -0.39 is 0 Å². The Kier molecular flexibility index (Phi) is 2.83. The number of fused-ring (bicyclic) bond motifs is 1. The number of anilines is 1. The second-order valence-corrected chi connectivity index (χ2v) is 3.46. The third kappa shape index (κ3) is 2.17. The van der Waals surface area contributed by atoms with Crippen LogP contribution in [-0.2, 0) is 4.79 Å². The van der Waals surface area contributed by atoms with Crippen LogP contribution < -0.4 is 5.32 Å². The van der Waals surface area contributed by atoms with Crippen molar-refractivity contribution in [1.82, 2.24) is 9.97 Å². The average Bonchev–Trinajstić information content (AvgIpc) is 2.28. The van der Waals surface area contributed by atoms with E-state index in [1.807, 2.05) is 12.1 Å². The van der Waals surface area contributed by atoms with Gasteiger partial charge in [0.25, 0.3) is 0 Å². The standard InChI is InChI=1S/C11H8ClN3O/c1-2-10(16)14-9-6-4-7-3-5-8(12)13-11(7)15-9/h2-6H,1H2,(H,13,14,15,16). The van der Waals surface area contributed by atoms with Gasteiger partial charge < -0.3 is 5.32 Å². The lowest BCUT2D eigenvalue weighted by Crippen LogP contribution is -2.08. The van der Waals surface area contributed by atoms with Crippen molar-refractivity contribution in [2.24, 2.45) is 0 Å². The van der Waals surface area contributed by atoms with Crippen molar-refractivity contribution in [2.75, 3.05) is 5.32 Å². The molecule has 5 heteroatoms. The molecule has 0 unspecified atom stereocenters.